The maximum atomic E-state index is 14.2. The molecule has 0 radical (unpaired) electrons. The topological polar surface area (TPSA) is 37.4 Å². The largest absolute Gasteiger partial charge is 0.246 e. The molecule has 0 amide bonds. The van der Waals surface area contributed by atoms with Crippen molar-refractivity contribution in [3.8, 4) is 0 Å². The van der Waals surface area contributed by atoms with Gasteiger partial charge in [0, 0.05) is 6.04 Å². The van der Waals surface area contributed by atoms with Crippen molar-refractivity contribution in [3.63, 3.8) is 0 Å². The molecule has 2 aliphatic carbocycles. The van der Waals surface area contributed by atoms with Crippen LogP contribution < -0.4 is 0 Å². The molecule has 7 heteroatoms. The van der Waals surface area contributed by atoms with Crippen LogP contribution in [0.25, 0.3) is 0 Å². The van der Waals surface area contributed by atoms with E-state index in [0.29, 0.717) is 25.3 Å². The maximum Gasteiger partial charge on any atom is 0.246 e. The Morgan fingerprint density at radius 3 is 2.36 bits per heavy atom. The van der Waals surface area contributed by atoms with E-state index in [0.717, 1.165) is 23.6 Å². The summed E-state index contributed by atoms with van der Waals surface area (Å²) in [7, 11) is -4.28. The molecule has 132 valence electrons. The lowest BCUT2D eigenvalue weighted by molar-refractivity contribution is 0.311. The molecule has 2 aromatic carbocycles. The number of hydrogen-bond donors (Lipinski definition) is 0. The van der Waals surface area contributed by atoms with Gasteiger partial charge in [0.1, 0.15) is 4.90 Å². The van der Waals surface area contributed by atoms with Gasteiger partial charge in [-0.2, -0.15) is 4.31 Å². The Labute approximate surface area is 144 Å². The zero-order valence-electron chi connectivity index (χ0n) is 13.3. The van der Waals surface area contributed by atoms with E-state index in [-0.39, 0.29) is 6.04 Å². The fourth-order valence-electron chi connectivity index (χ4n) is 3.57. The zero-order valence-corrected chi connectivity index (χ0v) is 14.1. The van der Waals surface area contributed by atoms with Crippen LogP contribution in [-0.4, -0.2) is 18.8 Å². The first kappa shape index (κ1) is 16.6. The van der Waals surface area contributed by atoms with Gasteiger partial charge >= 0.3 is 0 Å². The summed E-state index contributed by atoms with van der Waals surface area (Å²) in [6.07, 6.45) is 2.70. The number of rotatable bonds is 4. The first-order valence-electron chi connectivity index (χ1n) is 8.16. The third kappa shape index (κ3) is 2.66. The zero-order chi connectivity index (χ0) is 17.8. The number of aryl methyl sites for hydroxylation is 1. The Morgan fingerprint density at radius 2 is 1.64 bits per heavy atom. The minimum Gasteiger partial charge on any atom is -0.207 e. The van der Waals surface area contributed by atoms with Gasteiger partial charge in [-0.05, 0) is 48.9 Å². The van der Waals surface area contributed by atoms with Crippen LogP contribution in [0.4, 0.5) is 13.2 Å². The van der Waals surface area contributed by atoms with Crippen molar-refractivity contribution in [3.05, 3.63) is 65.0 Å². The number of benzene rings is 2. The highest BCUT2D eigenvalue weighted by Crippen LogP contribution is 2.45. The second kappa shape index (κ2) is 5.85. The molecule has 0 N–H and O–H groups in total. The summed E-state index contributed by atoms with van der Waals surface area (Å²) < 4.78 is 68.4. The SMILES string of the molecule is O=S(=O)(c1ccc(F)c(F)c1F)N(C1CC1)[C@H]1CCc2ccccc21. The normalized spacial score (nSPS) is 20.1. The van der Waals surface area contributed by atoms with Gasteiger partial charge in [-0.15, -0.1) is 0 Å². The summed E-state index contributed by atoms with van der Waals surface area (Å²) in [6, 6.07) is 8.39. The average molecular weight is 367 g/mol. The van der Waals surface area contributed by atoms with Crippen LogP contribution >= 0.6 is 0 Å². The smallest absolute Gasteiger partial charge is 0.207 e. The molecule has 1 fully saturated rings. The van der Waals surface area contributed by atoms with Gasteiger partial charge in [0.25, 0.3) is 0 Å². The van der Waals surface area contributed by atoms with Crippen LogP contribution in [0.1, 0.15) is 36.4 Å². The number of sulfonamides is 1. The fourth-order valence-corrected chi connectivity index (χ4v) is 5.51. The summed E-state index contributed by atoms with van der Waals surface area (Å²) in [5.74, 6) is -4.82. The van der Waals surface area contributed by atoms with Crippen LogP contribution in [0.2, 0.25) is 0 Å². The molecule has 1 atom stereocenters. The van der Waals surface area contributed by atoms with E-state index in [4.69, 9.17) is 0 Å². The fraction of sp³-hybridized carbons (Fsp3) is 0.333. The lowest BCUT2D eigenvalue weighted by atomic mass is 10.1. The minimum absolute atomic E-state index is 0.228. The monoisotopic (exact) mass is 367 g/mol. The molecule has 25 heavy (non-hydrogen) atoms. The van der Waals surface area contributed by atoms with Crippen LogP contribution in [-0.2, 0) is 16.4 Å². The van der Waals surface area contributed by atoms with Crippen LogP contribution in [0.3, 0.4) is 0 Å². The first-order valence-corrected chi connectivity index (χ1v) is 9.60. The number of hydrogen-bond acceptors (Lipinski definition) is 2. The van der Waals surface area contributed by atoms with Crippen molar-refractivity contribution in [2.24, 2.45) is 0 Å². The predicted molar refractivity (Wildman–Crippen MR) is 85.9 cm³/mol. The molecule has 0 bridgehead atoms. The van der Waals surface area contributed by atoms with Gasteiger partial charge in [0.2, 0.25) is 10.0 Å². The van der Waals surface area contributed by atoms with Gasteiger partial charge in [-0.3, -0.25) is 0 Å². The molecule has 0 spiro atoms. The molecular weight excluding hydrogens is 351 g/mol. The van der Waals surface area contributed by atoms with E-state index in [1.54, 1.807) is 0 Å². The highest BCUT2D eigenvalue weighted by Gasteiger charge is 2.46. The van der Waals surface area contributed by atoms with E-state index in [1.165, 1.54) is 4.31 Å². The molecule has 0 saturated heterocycles. The van der Waals surface area contributed by atoms with Crippen LogP contribution in [0.15, 0.2) is 41.3 Å². The highest BCUT2D eigenvalue weighted by molar-refractivity contribution is 7.89. The number of fused-ring (bicyclic) bond motifs is 1. The predicted octanol–water partition coefficient (Wildman–Crippen LogP) is 3.94. The Morgan fingerprint density at radius 1 is 0.920 bits per heavy atom. The van der Waals surface area contributed by atoms with Gasteiger partial charge < -0.3 is 0 Å². The lowest BCUT2D eigenvalue weighted by Crippen LogP contribution is -2.36. The van der Waals surface area contributed by atoms with E-state index >= 15 is 0 Å². The van der Waals surface area contributed by atoms with E-state index in [9.17, 15) is 21.6 Å². The van der Waals surface area contributed by atoms with Gasteiger partial charge in [0.15, 0.2) is 17.5 Å². The van der Waals surface area contributed by atoms with Gasteiger partial charge in [-0.25, -0.2) is 21.6 Å². The quantitative estimate of drug-likeness (QED) is 0.768. The van der Waals surface area contributed by atoms with Crippen molar-refractivity contribution in [2.45, 2.75) is 42.7 Å². The number of nitrogens with zero attached hydrogens (tertiary/aromatic N) is 1. The van der Waals surface area contributed by atoms with Crippen molar-refractivity contribution in [1.82, 2.24) is 4.31 Å². The number of halogens is 3. The van der Waals surface area contributed by atoms with Crippen LogP contribution in [0.5, 0.6) is 0 Å². The standard InChI is InChI=1S/C18H16F3NO2S/c19-14-8-10-16(18(21)17(14)20)25(23,24)22(12-6-7-12)15-9-5-11-3-1-2-4-13(11)15/h1-4,8,10,12,15H,5-7,9H2/t15-/m0/s1. The summed E-state index contributed by atoms with van der Waals surface area (Å²) >= 11 is 0. The maximum absolute atomic E-state index is 14.2. The lowest BCUT2D eigenvalue weighted by Gasteiger charge is -2.29. The Balaban J connectivity index is 1.81. The minimum atomic E-state index is -4.28. The summed E-state index contributed by atoms with van der Waals surface area (Å²) in [5.41, 5.74) is 1.97. The summed E-state index contributed by atoms with van der Waals surface area (Å²) in [5, 5.41) is 0. The molecule has 2 aliphatic rings. The molecular formula is C18H16F3NO2S. The highest BCUT2D eigenvalue weighted by atomic mass is 32.2. The second-order valence-corrected chi connectivity index (χ2v) is 8.30. The second-order valence-electron chi connectivity index (χ2n) is 6.49. The Kier molecular flexibility index (Phi) is 3.88. The Bertz CT molecular complexity index is 941. The van der Waals surface area contributed by atoms with E-state index < -0.39 is 38.4 Å². The third-order valence-corrected chi connectivity index (χ3v) is 6.85. The van der Waals surface area contributed by atoms with Crippen LogP contribution in [0, 0.1) is 17.5 Å². The molecule has 1 saturated carbocycles. The molecule has 0 aliphatic heterocycles. The van der Waals surface area contributed by atoms with E-state index in [2.05, 4.69) is 0 Å². The summed E-state index contributed by atoms with van der Waals surface area (Å²) in [6.45, 7) is 0. The first-order chi connectivity index (χ1) is 11.9. The molecule has 0 unspecified atom stereocenters. The van der Waals surface area contributed by atoms with Crippen molar-refractivity contribution in [1.29, 1.82) is 0 Å². The Hall–Kier alpha value is -1.86. The van der Waals surface area contributed by atoms with Crippen molar-refractivity contribution >= 4 is 10.0 Å². The van der Waals surface area contributed by atoms with Gasteiger partial charge in [0.05, 0.1) is 6.04 Å². The van der Waals surface area contributed by atoms with E-state index in [1.807, 2.05) is 24.3 Å². The molecule has 2 aromatic rings. The average Bonchev–Trinajstić information content (AvgIpc) is 3.32. The van der Waals surface area contributed by atoms with Crippen molar-refractivity contribution in [2.75, 3.05) is 0 Å². The molecule has 4 rings (SSSR count). The van der Waals surface area contributed by atoms with Crippen molar-refractivity contribution < 1.29 is 21.6 Å². The van der Waals surface area contributed by atoms with Gasteiger partial charge in [-0.1, -0.05) is 24.3 Å². The molecule has 0 heterocycles. The third-order valence-electron chi connectivity index (χ3n) is 4.87. The molecule has 0 aromatic heterocycles. The summed E-state index contributed by atoms with van der Waals surface area (Å²) in [4.78, 5) is -0.803. The molecule has 3 nitrogen and oxygen atoms in total.